The molecule has 5 heteroatoms. The summed E-state index contributed by atoms with van der Waals surface area (Å²) in [5.74, 6) is 0.558. The zero-order valence-corrected chi connectivity index (χ0v) is 10.4. The maximum absolute atomic E-state index is 11.6. The molecule has 0 aromatic carbocycles. The van der Waals surface area contributed by atoms with E-state index in [9.17, 15) is 4.79 Å². The molecule has 0 spiro atoms. The third-order valence-corrected chi connectivity index (χ3v) is 2.65. The lowest BCUT2D eigenvalue weighted by Crippen LogP contribution is -2.28. The summed E-state index contributed by atoms with van der Waals surface area (Å²) in [5, 5.41) is 0. The van der Waals surface area contributed by atoms with Crippen LogP contribution in [-0.4, -0.2) is 29.8 Å². The average molecular weight is 238 g/mol. The topological polar surface area (TPSA) is 64.2 Å². The molecular weight excluding hydrogens is 220 g/mol. The molecule has 0 aliphatic carbocycles. The summed E-state index contributed by atoms with van der Waals surface area (Å²) in [7, 11) is 0. The number of hydrogen-bond acceptors (Lipinski definition) is 4. The first-order valence-electron chi connectivity index (χ1n) is 5.78. The summed E-state index contributed by atoms with van der Waals surface area (Å²) in [6.45, 7) is 7.65. The molecule has 1 aromatic rings. The SMILES string of the molecule is CC(C)(C)c1cc(=O)[nH]c(C2COCCO2)n1. The molecule has 1 atom stereocenters. The van der Waals surface area contributed by atoms with Crippen LogP contribution in [0.25, 0.3) is 0 Å². The van der Waals surface area contributed by atoms with Crippen LogP contribution in [0.5, 0.6) is 0 Å². The highest BCUT2D eigenvalue weighted by Crippen LogP contribution is 2.21. The second-order valence-corrected chi connectivity index (χ2v) is 5.20. The maximum Gasteiger partial charge on any atom is 0.251 e. The van der Waals surface area contributed by atoms with Crippen LogP contribution in [0.3, 0.4) is 0 Å². The zero-order valence-electron chi connectivity index (χ0n) is 10.4. The van der Waals surface area contributed by atoms with Gasteiger partial charge in [0, 0.05) is 11.5 Å². The minimum absolute atomic E-state index is 0.144. The molecule has 1 aliphatic heterocycles. The second-order valence-electron chi connectivity index (χ2n) is 5.20. The Morgan fingerprint density at radius 2 is 2.18 bits per heavy atom. The van der Waals surface area contributed by atoms with Gasteiger partial charge < -0.3 is 14.5 Å². The van der Waals surface area contributed by atoms with Gasteiger partial charge in [0.1, 0.15) is 11.9 Å². The smallest absolute Gasteiger partial charge is 0.251 e. The second kappa shape index (κ2) is 4.58. The quantitative estimate of drug-likeness (QED) is 0.797. The number of H-pyrrole nitrogens is 1. The first kappa shape index (κ1) is 12.3. The summed E-state index contributed by atoms with van der Waals surface area (Å²) in [5.41, 5.74) is 0.470. The van der Waals surface area contributed by atoms with Crippen LogP contribution >= 0.6 is 0 Å². The largest absolute Gasteiger partial charge is 0.376 e. The van der Waals surface area contributed by atoms with Gasteiger partial charge in [-0.25, -0.2) is 4.98 Å². The summed E-state index contributed by atoms with van der Waals surface area (Å²) in [4.78, 5) is 18.8. The van der Waals surface area contributed by atoms with Crippen molar-refractivity contribution in [2.24, 2.45) is 0 Å². The van der Waals surface area contributed by atoms with Crippen LogP contribution in [0.4, 0.5) is 0 Å². The third-order valence-electron chi connectivity index (χ3n) is 2.65. The minimum atomic E-state index is -0.265. The van der Waals surface area contributed by atoms with E-state index in [0.717, 1.165) is 5.69 Å². The monoisotopic (exact) mass is 238 g/mol. The fraction of sp³-hybridized carbons (Fsp3) is 0.667. The Morgan fingerprint density at radius 3 is 2.76 bits per heavy atom. The van der Waals surface area contributed by atoms with Gasteiger partial charge in [-0.2, -0.15) is 0 Å². The van der Waals surface area contributed by atoms with Crippen LogP contribution in [0.1, 0.15) is 38.4 Å². The van der Waals surface area contributed by atoms with Crippen molar-refractivity contribution in [1.29, 1.82) is 0 Å². The van der Waals surface area contributed by atoms with Gasteiger partial charge in [-0.15, -0.1) is 0 Å². The van der Waals surface area contributed by atoms with Crippen LogP contribution < -0.4 is 5.56 Å². The molecule has 2 heterocycles. The lowest BCUT2D eigenvalue weighted by Gasteiger charge is -2.24. The fourth-order valence-electron chi connectivity index (χ4n) is 1.66. The van der Waals surface area contributed by atoms with E-state index in [1.807, 2.05) is 20.8 Å². The summed E-state index contributed by atoms with van der Waals surface area (Å²) in [6.07, 6.45) is -0.265. The highest BCUT2D eigenvalue weighted by atomic mass is 16.6. The molecule has 17 heavy (non-hydrogen) atoms. The normalized spacial score (nSPS) is 21.5. The Hall–Kier alpha value is -1.20. The highest BCUT2D eigenvalue weighted by Gasteiger charge is 2.22. The number of aromatic amines is 1. The molecule has 0 bridgehead atoms. The summed E-state index contributed by atoms with van der Waals surface area (Å²) < 4.78 is 10.8. The van der Waals surface area contributed by atoms with E-state index in [1.54, 1.807) is 0 Å². The van der Waals surface area contributed by atoms with Crippen molar-refractivity contribution >= 4 is 0 Å². The Bertz CT molecular complexity index is 442. The van der Waals surface area contributed by atoms with Crippen molar-refractivity contribution in [2.45, 2.75) is 32.3 Å². The lowest BCUT2D eigenvalue weighted by atomic mass is 9.92. The summed E-state index contributed by atoms with van der Waals surface area (Å²) >= 11 is 0. The standard InChI is InChI=1S/C12H18N2O3/c1-12(2,3)9-6-10(15)14-11(13-9)8-7-16-4-5-17-8/h6,8H,4-5,7H2,1-3H3,(H,13,14,15). The van der Waals surface area contributed by atoms with Gasteiger partial charge in [-0.05, 0) is 0 Å². The minimum Gasteiger partial charge on any atom is -0.376 e. The van der Waals surface area contributed by atoms with E-state index in [-0.39, 0.29) is 17.1 Å². The highest BCUT2D eigenvalue weighted by molar-refractivity contribution is 5.13. The summed E-state index contributed by atoms with van der Waals surface area (Å²) in [6, 6.07) is 1.53. The molecule has 0 saturated carbocycles. The van der Waals surface area contributed by atoms with E-state index in [1.165, 1.54) is 6.07 Å². The van der Waals surface area contributed by atoms with Gasteiger partial charge in [0.25, 0.3) is 5.56 Å². The van der Waals surface area contributed by atoms with Crippen LogP contribution in [0.2, 0.25) is 0 Å². The van der Waals surface area contributed by atoms with Gasteiger partial charge in [0.2, 0.25) is 0 Å². The van der Waals surface area contributed by atoms with Gasteiger partial charge >= 0.3 is 0 Å². The molecule has 2 rings (SSSR count). The Labute approximate surface area is 100 Å². The maximum atomic E-state index is 11.6. The third kappa shape index (κ3) is 2.92. The molecule has 1 saturated heterocycles. The average Bonchev–Trinajstić information content (AvgIpc) is 2.28. The zero-order chi connectivity index (χ0) is 12.5. The Balaban J connectivity index is 2.34. The van der Waals surface area contributed by atoms with Crippen molar-refractivity contribution in [1.82, 2.24) is 9.97 Å². The Kier molecular flexibility index (Phi) is 3.31. The molecular formula is C12H18N2O3. The first-order valence-corrected chi connectivity index (χ1v) is 5.78. The van der Waals surface area contributed by atoms with Gasteiger partial charge in [0.05, 0.1) is 25.5 Å². The van der Waals surface area contributed by atoms with Crippen LogP contribution in [-0.2, 0) is 14.9 Å². The lowest BCUT2D eigenvalue weighted by molar-refractivity contribution is -0.0937. The number of aromatic nitrogens is 2. The van der Waals surface area contributed by atoms with Crippen molar-refractivity contribution in [3.63, 3.8) is 0 Å². The van der Waals surface area contributed by atoms with Gasteiger partial charge in [0.15, 0.2) is 0 Å². The molecule has 1 aliphatic rings. The van der Waals surface area contributed by atoms with Crippen LogP contribution in [0.15, 0.2) is 10.9 Å². The molecule has 94 valence electrons. The molecule has 1 unspecified atom stereocenters. The first-order chi connectivity index (χ1) is 7.97. The van der Waals surface area contributed by atoms with Crippen molar-refractivity contribution in [3.8, 4) is 0 Å². The fourth-order valence-corrected chi connectivity index (χ4v) is 1.66. The predicted octanol–water partition coefficient (Wildman–Crippen LogP) is 1.16. The molecule has 1 N–H and O–H groups in total. The van der Waals surface area contributed by atoms with Crippen molar-refractivity contribution < 1.29 is 9.47 Å². The molecule has 1 aromatic heterocycles. The predicted molar refractivity (Wildman–Crippen MR) is 63.1 cm³/mol. The molecule has 1 fully saturated rings. The number of nitrogens with one attached hydrogen (secondary N) is 1. The number of nitrogens with zero attached hydrogens (tertiary/aromatic N) is 1. The molecule has 0 radical (unpaired) electrons. The number of rotatable bonds is 1. The van der Waals surface area contributed by atoms with Gasteiger partial charge in [-0.1, -0.05) is 20.8 Å². The van der Waals surface area contributed by atoms with E-state index in [0.29, 0.717) is 25.6 Å². The number of hydrogen-bond donors (Lipinski definition) is 1. The Morgan fingerprint density at radius 1 is 1.41 bits per heavy atom. The van der Waals surface area contributed by atoms with Crippen LogP contribution in [0, 0.1) is 0 Å². The van der Waals surface area contributed by atoms with E-state index in [2.05, 4.69) is 9.97 Å². The molecule has 0 amide bonds. The number of ether oxygens (including phenoxy) is 2. The molecule has 5 nitrogen and oxygen atoms in total. The van der Waals surface area contributed by atoms with E-state index >= 15 is 0 Å². The van der Waals surface area contributed by atoms with Crippen molar-refractivity contribution in [2.75, 3.05) is 19.8 Å². The van der Waals surface area contributed by atoms with E-state index < -0.39 is 0 Å². The van der Waals surface area contributed by atoms with Crippen molar-refractivity contribution in [3.05, 3.63) is 27.9 Å². The van der Waals surface area contributed by atoms with E-state index in [4.69, 9.17) is 9.47 Å². The van der Waals surface area contributed by atoms with Gasteiger partial charge in [-0.3, -0.25) is 4.79 Å².